The number of urea groups is 1. The first kappa shape index (κ1) is 24.3. The number of nitrogens with one attached hydrogen (secondary N) is 1. The SMILES string of the molecule is CN(Cc1c(F)cccc1Cl)C(=O)CN1C(=O)NC(C)(c2ccc(OC(F)(F)F)cc2)C1=O. The van der Waals surface area contributed by atoms with E-state index in [1.165, 1.54) is 44.3 Å². The van der Waals surface area contributed by atoms with Crippen LogP contribution in [-0.2, 0) is 21.7 Å². The van der Waals surface area contributed by atoms with E-state index in [2.05, 4.69) is 10.1 Å². The zero-order valence-electron chi connectivity index (χ0n) is 17.4. The zero-order valence-corrected chi connectivity index (χ0v) is 18.1. The largest absolute Gasteiger partial charge is 0.573 e. The van der Waals surface area contributed by atoms with Gasteiger partial charge in [0.05, 0.1) is 0 Å². The lowest BCUT2D eigenvalue weighted by Crippen LogP contribution is -2.43. The summed E-state index contributed by atoms with van der Waals surface area (Å²) in [6, 6.07) is 7.64. The summed E-state index contributed by atoms with van der Waals surface area (Å²) in [5, 5.41) is 2.57. The number of likely N-dealkylation sites (N-methyl/N-ethyl adjacent to an activating group) is 1. The molecule has 3 rings (SSSR count). The van der Waals surface area contributed by atoms with Crippen molar-refractivity contribution in [2.24, 2.45) is 0 Å². The number of carbonyl (C=O) groups excluding carboxylic acids is 3. The van der Waals surface area contributed by atoms with Gasteiger partial charge in [0.1, 0.15) is 23.7 Å². The highest BCUT2D eigenvalue weighted by Crippen LogP contribution is 2.31. The van der Waals surface area contributed by atoms with Crippen LogP contribution in [0.3, 0.4) is 0 Å². The van der Waals surface area contributed by atoms with Crippen LogP contribution in [0.25, 0.3) is 0 Å². The molecular weight excluding hydrogens is 470 g/mol. The molecule has 1 N–H and O–H groups in total. The Labute approximate surface area is 190 Å². The Hall–Kier alpha value is -3.34. The van der Waals surface area contributed by atoms with Gasteiger partial charge in [0.15, 0.2) is 0 Å². The van der Waals surface area contributed by atoms with E-state index in [0.717, 1.165) is 17.0 Å². The molecule has 2 aromatic rings. The van der Waals surface area contributed by atoms with Crippen LogP contribution in [0.1, 0.15) is 18.1 Å². The van der Waals surface area contributed by atoms with Crippen LogP contribution in [0, 0.1) is 5.82 Å². The average molecular weight is 488 g/mol. The summed E-state index contributed by atoms with van der Waals surface area (Å²) in [4.78, 5) is 39.8. The number of hydrogen-bond donors (Lipinski definition) is 1. The fourth-order valence-electron chi connectivity index (χ4n) is 3.29. The minimum absolute atomic E-state index is 0.0817. The lowest BCUT2D eigenvalue weighted by Gasteiger charge is -2.24. The van der Waals surface area contributed by atoms with E-state index >= 15 is 0 Å². The molecule has 2 aromatic carbocycles. The quantitative estimate of drug-likeness (QED) is 0.496. The van der Waals surface area contributed by atoms with Gasteiger partial charge in [0, 0.05) is 24.2 Å². The number of nitrogens with zero attached hydrogens (tertiary/aromatic N) is 2. The third kappa shape index (κ3) is 5.19. The lowest BCUT2D eigenvalue weighted by atomic mass is 9.92. The number of imide groups is 1. The van der Waals surface area contributed by atoms with E-state index in [-0.39, 0.29) is 22.7 Å². The molecule has 1 aliphatic heterocycles. The molecule has 0 bridgehead atoms. The number of rotatable bonds is 6. The minimum Gasteiger partial charge on any atom is -0.406 e. The third-order valence-corrected chi connectivity index (χ3v) is 5.47. The smallest absolute Gasteiger partial charge is 0.406 e. The van der Waals surface area contributed by atoms with Crippen molar-refractivity contribution < 1.29 is 36.7 Å². The van der Waals surface area contributed by atoms with E-state index in [4.69, 9.17) is 11.6 Å². The summed E-state index contributed by atoms with van der Waals surface area (Å²) in [5.41, 5.74) is -1.34. The third-order valence-electron chi connectivity index (χ3n) is 5.12. The van der Waals surface area contributed by atoms with Crippen LogP contribution in [0.4, 0.5) is 22.4 Å². The second-order valence-electron chi connectivity index (χ2n) is 7.47. The van der Waals surface area contributed by atoms with Gasteiger partial charge >= 0.3 is 12.4 Å². The highest BCUT2D eigenvalue weighted by Gasteiger charge is 2.49. The second kappa shape index (κ2) is 8.89. The van der Waals surface area contributed by atoms with Crippen LogP contribution in [-0.4, -0.2) is 47.6 Å². The molecule has 0 radical (unpaired) electrons. The van der Waals surface area contributed by atoms with Crippen LogP contribution in [0.2, 0.25) is 5.02 Å². The maximum absolute atomic E-state index is 14.0. The van der Waals surface area contributed by atoms with Crippen molar-refractivity contribution in [1.82, 2.24) is 15.1 Å². The first-order chi connectivity index (χ1) is 15.3. The molecule has 1 unspecified atom stereocenters. The summed E-state index contributed by atoms with van der Waals surface area (Å²) in [6.45, 7) is 0.546. The molecule has 1 fully saturated rings. The number of amides is 4. The van der Waals surface area contributed by atoms with Gasteiger partial charge in [-0.2, -0.15) is 0 Å². The summed E-state index contributed by atoms with van der Waals surface area (Å²) >= 11 is 5.97. The van der Waals surface area contributed by atoms with E-state index in [0.29, 0.717) is 4.90 Å². The van der Waals surface area contributed by atoms with Gasteiger partial charge in [-0.05, 0) is 36.8 Å². The van der Waals surface area contributed by atoms with Crippen molar-refractivity contribution >= 4 is 29.4 Å². The monoisotopic (exact) mass is 487 g/mol. The van der Waals surface area contributed by atoms with Crippen molar-refractivity contribution in [2.45, 2.75) is 25.4 Å². The van der Waals surface area contributed by atoms with Gasteiger partial charge in [0.2, 0.25) is 5.91 Å². The molecule has 7 nitrogen and oxygen atoms in total. The van der Waals surface area contributed by atoms with E-state index < -0.39 is 47.9 Å². The number of halogens is 5. The number of carbonyl (C=O) groups is 3. The Bertz CT molecular complexity index is 1070. The Balaban J connectivity index is 1.72. The van der Waals surface area contributed by atoms with Gasteiger partial charge in [-0.3, -0.25) is 14.5 Å². The fourth-order valence-corrected chi connectivity index (χ4v) is 3.51. The van der Waals surface area contributed by atoms with E-state index in [1.54, 1.807) is 0 Å². The van der Waals surface area contributed by atoms with Gasteiger partial charge in [-0.15, -0.1) is 13.2 Å². The maximum atomic E-state index is 14.0. The number of benzene rings is 2. The Morgan fingerprint density at radius 3 is 2.39 bits per heavy atom. The summed E-state index contributed by atoms with van der Waals surface area (Å²) < 4.78 is 54.8. The molecule has 1 aliphatic rings. The molecule has 0 aliphatic carbocycles. The fraction of sp³-hybridized carbons (Fsp3) is 0.286. The Kier molecular flexibility index (Phi) is 6.55. The molecule has 4 amide bonds. The van der Waals surface area contributed by atoms with Gasteiger partial charge in [-0.25, -0.2) is 9.18 Å². The Morgan fingerprint density at radius 2 is 1.82 bits per heavy atom. The normalized spacial score (nSPS) is 18.3. The molecule has 0 saturated carbocycles. The van der Waals surface area contributed by atoms with E-state index in [1.807, 2.05) is 0 Å². The van der Waals surface area contributed by atoms with Crippen LogP contribution in [0.5, 0.6) is 5.75 Å². The highest BCUT2D eigenvalue weighted by atomic mass is 35.5. The van der Waals surface area contributed by atoms with Crippen LogP contribution >= 0.6 is 11.6 Å². The predicted octanol–water partition coefficient (Wildman–Crippen LogP) is 3.80. The Morgan fingerprint density at radius 1 is 1.18 bits per heavy atom. The number of alkyl halides is 3. The summed E-state index contributed by atoms with van der Waals surface area (Å²) in [7, 11) is 1.36. The van der Waals surface area contributed by atoms with Crippen molar-refractivity contribution in [1.29, 1.82) is 0 Å². The lowest BCUT2D eigenvalue weighted by molar-refractivity contribution is -0.274. The molecule has 1 atom stereocenters. The molecule has 1 saturated heterocycles. The molecule has 1 heterocycles. The predicted molar refractivity (Wildman–Crippen MR) is 109 cm³/mol. The molecule has 176 valence electrons. The molecule has 0 spiro atoms. The topological polar surface area (TPSA) is 79.0 Å². The summed E-state index contributed by atoms with van der Waals surface area (Å²) in [6.07, 6.45) is -4.88. The van der Waals surface area contributed by atoms with Crippen LogP contribution in [0.15, 0.2) is 42.5 Å². The second-order valence-corrected chi connectivity index (χ2v) is 7.88. The first-order valence-electron chi connectivity index (χ1n) is 9.49. The van der Waals surface area contributed by atoms with Crippen molar-refractivity contribution in [3.8, 4) is 5.75 Å². The standard InChI is InChI=1S/C21H18ClF4N3O4/c1-20(12-6-8-13(9-7-12)33-21(24,25)26)18(31)29(19(32)27-20)11-17(30)28(2)10-14-15(22)4-3-5-16(14)23/h3-9H,10-11H2,1-2H3,(H,27,32). The van der Waals surface area contributed by atoms with E-state index in [9.17, 15) is 31.9 Å². The molecule has 12 heteroatoms. The summed E-state index contributed by atoms with van der Waals surface area (Å²) in [5.74, 6) is -2.53. The van der Waals surface area contributed by atoms with Crippen molar-refractivity contribution in [3.63, 3.8) is 0 Å². The first-order valence-corrected chi connectivity index (χ1v) is 9.87. The minimum atomic E-state index is -4.88. The van der Waals surface area contributed by atoms with Gasteiger partial charge in [0.25, 0.3) is 5.91 Å². The average Bonchev–Trinajstić information content (AvgIpc) is 2.94. The number of hydrogen-bond acceptors (Lipinski definition) is 4. The molecule has 33 heavy (non-hydrogen) atoms. The van der Waals surface area contributed by atoms with Crippen molar-refractivity contribution in [2.75, 3.05) is 13.6 Å². The number of ether oxygens (including phenoxy) is 1. The highest BCUT2D eigenvalue weighted by molar-refractivity contribution is 6.31. The maximum Gasteiger partial charge on any atom is 0.573 e. The van der Waals surface area contributed by atoms with Gasteiger partial charge < -0.3 is 15.0 Å². The van der Waals surface area contributed by atoms with Crippen LogP contribution < -0.4 is 10.1 Å². The van der Waals surface area contributed by atoms with Crippen molar-refractivity contribution in [3.05, 3.63) is 64.4 Å². The zero-order chi connectivity index (χ0) is 24.6. The molecule has 0 aromatic heterocycles. The van der Waals surface area contributed by atoms with Gasteiger partial charge in [-0.1, -0.05) is 29.8 Å². The molecular formula is C21H18ClF4N3O4.